The highest BCUT2D eigenvalue weighted by atomic mass is 32.1. The van der Waals surface area contributed by atoms with Gasteiger partial charge in [0.1, 0.15) is 11.1 Å². The molecule has 10 rings (SSSR count). The minimum Gasteiger partial charge on any atom is -0.452 e. The molecule has 10 aromatic rings. The summed E-state index contributed by atoms with van der Waals surface area (Å²) in [5.41, 5.74) is 8.06. The van der Waals surface area contributed by atoms with Crippen molar-refractivity contribution in [2.45, 2.75) is 51.9 Å². The molecule has 262 valence electrons. The molecule has 0 fully saturated rings. The van der Waals surface area contributed by atoms with E-state index in [4.69, 9.17) is 24.4 Å². The van der Waals surface area contributed by atoms with Gasteiger partial charge in [0.25, 0.3) is 0 Å². The Hall–Kier alpha value is -5.98. The molecule has 4 aromatic heterocycles. The van der Waals surface area contributed by atoms with Gasteiger partial charge < -0.3 is 4.42 Å². The second-order valence-electron chi connectivity index (χ2n) is 16.1. The summed E-state index contributed by atoms with van der Waals surface area (Å²) in [6.45, 7) is 11.2. The largest absolute Gasteiger partial charge is 0.452 e. The van der Waals surface area contributed by atoms with E-state index in [1.807, 2.05) is 18.2 Å². The van der Waals surface area contributed by atoms with Crippen molar-refractivity contribution in [1.29, 1.82) is 0 Å². The second kappa shape index (κ2) is 12.0. The maximum absolute atomic E-state index is 6.57. The average Bonchev–Trinajstić information content (AvgIpc) is 3.74. The summed E-state index contributed by atoms with van der Waals surface area (Å²) in [4.78, 5) is 21.0. The lowest BCUT2D eigenvalue weighted by atomic mass is 9.81. The van der Waals surface area contributed by atoms with Crippen LogP contribution in [0.5, 0.6) is 0 Å². The number of para-hydroxylation sites is 1. The molecule has 0 saturated carbocycles. The zero-order valence-corrected chi connectivity index (χ0v) is 31.8. The summed E-state index contributed by atoms with van der Waals surface area (Å²) in [6.07, 6.45) is 0.745. The van der Waals surface area contributed by atoms with Crippen molar-refractivity contribution in [3.05, 3.63) is 144 Å². The molecule has 0 aliphatic heterocycles. The van der Waals surface area contributed by atoms with Crippen LogP contribution in [0.25, 0.3) is 86.7 Å². The predicted octanol–water partition coefficient (Wildman–Crippen LogP) is 13.0. The third kappa shape index (κ3) is 5.43. The summed E-state index contributed by atoms with van der Waals surface area (Å²) in [5.74, 6) is 1.47. The molecule has 0 aliphatic rings. The van der Waals surface area contributed by atoms with Crippen LogP contribution in [0.15, 0.2) is 132 Å². The lowest BCUT2D eigenvalue weighted by Gasteiger charge is -2.25. The predicted molar refractivity (Wildman–Crippen MR) is 226 cm³/mol. The minimum absolute atomic E-state index is 0.161. The van der Waals surface area contributed by atoms with E-state index >= 15 is 0 Å². The van der Waals surface area contributed by atoms with E-state index in [0.717, 1.165) is 77.8 Å². The van der Waals surface area contributed by atoms with Gasteiger partial charge in [-0.15, -0.1) is 11.3 Å². The van der Waals surface area contributed by atoms with Gasteiger partial charge in [-0.05, 0) is 69.9 Å². The van der Waals surface area contributed by atoms with Gasteiger partial charge in [-0.1, -0.05) is 126 Å². The molecule has 4 heterocycles. The van der Waals surface area contributed by atoms with E-state index in [0.29, 0.717) is 5.82 Å². The lowest BCUT2D eigenvalue weighted by Crippen LogP contribution is -2.23. The number of aromatic nitrogens is 4. The van der Waals surface area contributed by atoms with Crippen molar-refractivity contribution in [2.75, 3.05) is 0 Å². The normalized spacial score (nSPS) is 12.6. The molecule has 54 heavy (non-hydrogen) atoms. The Kier molecular flexibility index (Phi) is 7.27. The standard InChI is InChI=1S/C48H38N4OS/c1-47(2,3)44-42-40(50-46(52-44)34-22-20-30-13-7-9-15-32(30)26-34)36-24-28(18-23-38(36)54-42)27-48(4,5)43-41-39(35-16-10-11-17-37(35)53-41)49-45(51-43)33-21-19-29-12-6-8-14-31(29)25-33/h6-26H,27H2,1-5H3. The molecule has 0 bridgehead atoms. The number of hydrogen-bond donors (Lipinski definition) is 0. The van der Waals surface area contributed by atoms with Crippen LogP contribution in [0.3, 0.4) is 0 Å². The number of rotatable bonds is 5. The summed E-state index contributed by atoms with van der Waals surface area (Å²) in [5, 5.41) is 6.90. The van der Waals surface area contributed by atoms with Crippen molar-refractivity contribution in [2.24, 2.45) is 0 Å². The Morgan fingerprint density at radius 1 is 0.537 bits per heavy atom. The van der Waals surface area contributed by atoms with E-state index < -0.39 is 5.41 Å². The third-order valence-corrected chi connectivity index (χ3v) is 11.8. The third-order valence-electron chi connectivity index (χ3n) is 10.6. The molecule has 0 aliphatic carbocycles. The fourth-order valence-corrected chi connectivity index (χ4v) is 9.19. The minimum atomic E-state index is -0.401. The Labute approximate surface area is 317 Å². The number of fused-ring (bicyclic) bond motifs is 8. The van der Waals surface area contributed by atoms with Gasteiger partial charge in [-0.3, -0.25) is 0 Å². The molecule has 0 unspecified atom stereocenters. The van der Waals surface area contributed by atoms with E-state index in [1.54, 1.807) is 11.3 Å². The van der Waals surface area contributed by atoms with Gasteiger partial charge in [0.05, 0.1) is 21.6 Å². The van der Waals surface area contributed by atoms with Gasteiger partial charge in [0.15, 0.2) is 17.2 Å². The van der Waals surface area contributed by atoms with Crippen molar-refractivity contribution >= 4 is 75.3 Å². The summed E-state index contributed by atoms with van der Waals surface area (Å²) < 4.78 is 8.93. The van der Waals surface area contributed by atoms with Crippen LogP contribution in [0.4, 0.5) is 0 Å². The van der Waals surface area contributed by atoms with E-state index in [1.165, 1.54) is 26.4 Å². The Morgan fingerprint density at radius 3 is 1.80 bits per heavy atom. The molecule has 0 amide bonds. The average molecular weight is 719 g/mol. The van der Waals surface area contributed by atoms with Gasteiger partial charge >= 0.3 is 0 Å². The molecule has 0 spiro atoms. The van der Waals surface area contributed by atoms with Crippen molar-refractivity contribution in [3.63, 3.8) is 0 Å². The van der Waals surface area contributed by atoms with Crippen LogP contribution in [0.2, 0.25) is 0 Å². The highest BCUT2D eigenvalue weighted by molar-refractivity contribution is 7.26. The van der Waals surface area contributed by atoms with Crippen LogP contribution in [0, 0.1) is 0 Å². The highest BCUT2D eigenvalue weighted by Crippen LogP contribution is 2.42. The lowest BCUT2D eigenvalue weighted by molar-refractivity contribution is 0.498. The van der Waals surface area contributed by atoms with Gasteiger partial charge in [-0.2, -0.15) is 0 Å². The first kappa shape index (κ1) is 32.7. The molecule has 0 atom stereocenters. The first-order chi connectivity index (χ1) is 26.1. The molecular formula is C48H38N4OS. The monoisotopic (exact) mass is 718 g/mol. The smallest absolute Gasteiger partial charge is 0.175 e. The van der Waals surface area contributed by atoms with E-state index in [9.17, 15) is 0 Å². The van der Waals surface area contributed by atoms with Crippen molar-refractivity contribution in [3.8, 4) is 22.8 Å². The summed E-state index contributed by atoms with van der Waals surface area (Å²) in [6, 6.07) is 44.8. The van der Waals surface area contributed by atoms with E-state index in [-0.39, 0.29) is 5.41 Å². The Balaban J connectivity index is 1.11. The van der Waals surface area contributed by atoms with Crippen LogP contribution in [-0.4, -0.2) is 19.9 Å². The number of thiophene rings is 1. The van der Waals surface area contributed by atoms with Gasteiger partial charge in [-0.25, -0.2) is 19.9 Å². The van der Waals surface area contributed by atoms with Crippen LogP contribution in [-0.2, 0) is 17.3 Å². The van der Waals surface area contributed by atoms with E-state index in [2.05, 4.69) is 144 Å². The first-order valence-electron chi connectivity index (χ1n) is 18.5. The fourth-order valence-electron chi connectivity index (χ4n) is 7.87. The molecule has 0 radical (unpaired) electrons. The van der Waals surface area contributed by atoms with Crippen LogP contribution in [0.1, 0.15) is 51.6 Å². The molecule has 0 N–H and O–H groups in total. The molecule has 6 heteroatoms. The molecule has 5 nitrogen and oxygen atoms in total. The Bertz CT molecular complexity index is 3110. The SMILES string of the molecule is CC(C)(C)c1nc(-c2ccc3ccccc3c2)nc2c1sc1ccc(CC(C)(C)c3nc(-c4ccc5ccccc5c4)nc4c3oc3ccccc34)cc12. The first-order valence-corrected chi connectivity index (χ1v) is 19.3. The van der Waals surface area contributed by atoms with Crippen molar-refractivity contribution < 1.29 is 4.42 Å². The maximum atomic E-state index is 6.57. The van der Waals surface area contributed by atoms with Gasteiger partial charge in [0.2, 0.25) is 0 Å². The zero-order chi connectivity index (χ0) is 36.8. The quantitative estimate of drug-likeness (QED) is 0.177. The Morgan fingerprint density at radius 2 is 1.13 bits per heavy atom. The number of nitrogens with zero attached hydrogens (tertiary/aromatic N) is 4. The fraction of sp³-hybridized carbons (Fsp3) is 0.167. The topological polar surface area (TPSA) is 64.7 Å². The molecule has 0 saturated heterocycles. The number of furan rings is 1. The summed E-state index contributed by atoms with van der Waals surface area (Å²) in [7, 11) is 0. The highest BCUT2D eigenvalue weighted by Gasteiger charge is 2.31. The van der Waals surface area contributed by atoms with Gasteiger partial charge in [0, 0.05) is 37.4 Å². The number of hydrogen-bond acceptors (Lipinski definition) is 6. The number of benzene rings is 6. The van der Waals surface area contributed by atoms with Crippen molar-refractivity contribution in [1.82, 2.24) is 19.9 Å². The van der Waals surface area contributed by atoms with Crippen LogP contribution < -0.4 is 0 Å². The molecule has 6 aromatic carbocycles. The summed E-state index contributed by atoms with van der Waals surface area (Å²) >= 11 is 1.79. The zero-order valence-electron chi connectivity index (χ0n) is 30.9. The second-order valence-corrected chi connectivity index (χ2v) is 17.2. The molecular weight excluding hydrogens is 681 g/mol. The van der Waals surface area contributed by atoms with Crippen LogP contribution >= 0.6 is 11.3 Å². The maximum Gasteiger partial charge on any atom is 0.175 e.